The number of halogens is 2. The quantitative estimate of drug-likeness (QED) is 0.509. The van der Waals surface area contributed by atoms with Gasteiger partial charge in [-0.3, -0.25) is 19.7 Å². The first kappa shape index (κ1) is 23.9. The first-order valence-electron chi connectivity index (χ1n) is 11.2. The highest BCUT2D eigenvalue weighted by molar-refractivity contribution is 5.90. The highest BCUT2D eigenvalue weighted by Gasteiger charge is 2.45. The maximum atomic E-state index is 13.6. The molecule has 0 aromatic heterocycles. The van der Waals surface area contributed by atoms with Gasteiger partial charge in [0.1, 0.15) is 17.9 Å². The monoisotopic (exact) mass is 474 g/mol. The molecule has 2 N–H and O–H groups in total. The maximum Gasteiger partial charge on any atom is 0.248 e. The van der Waals surface area contributed by atoms with E-state index in [0.717, 1.165) is 17.8 Å². The molecular weight excluding hydrogens is 446 g/mol. The number of para-hydroxylation sites is 1. The second kappa shape index (κ2) is 10.4. The minimum absolute atomic E-state index is 0.127. The van der Waals surface area contributed by atoms with Crippen LogP contribution in [0.15, 0.2) is 48.5 Å². The molecule has 10 heteroatoms. The SMILES string of the molecule is CN1CC(Oc2ccc(F)c(F)c2)CC(C(=O)NO)[C@H]1C(=O)N1CCN(c2ccccc2)CC1. The largest absolute Gasteiger partial charge is 0.489 e. The molecule has 2 saturated heterocycles. The molecule has 0 saturated carbocycles. The van der Waals surface area contributed by atoms with Crippen molar-refractivity contribution in [2.24, 2.45) is 5.92 Å². The van der Waals surface area contributed by atoms with Gasteiger partial charge in [-0.25, -0.2) is 14.3 Å². The average molecular weight is 475 g/mol. The topological polar surface area (TPSA) is 85.3 Å². The number of carbonyl (C=O) groups excluding carboxylic acids is 2. The number of hydrogen-bond acceptors (Lipinski definition) is 6. The normalized spacial score (nSPS) is 23.5. The number of hydrogen-bond donors (Lipinski definition) is 2. The van der Waals surface area contributed by atoms with Crippen LogP contribution in [0.1, 0.15) is 6.42 Å². The van der Waals surface area contributed by atoms with Gasteiger partial charge in [-0.1, -0.05) is 18.2 Å². The summed E-state index contributed by atoms with van der Waals surface area (Å²) in [5, 5.41) is 9.31. The Morgan fingerprint density at radius 1 is 1.03 bits per heavy atom. The molecule has 2 unspecified atom stereocenters. The van der Waals surface area contributed by atoms with E-state index in [1.165, 1.54) is 6.07 Å². The zero-order valence-electron chi connectivity index (χ0n) is 18.9. The Hall–Kier alpha value is -3.24. The molecule has 8 nitrogen and oxygen atoms in total. The van der Waals surface area contributed by atoms with Gasteiger partial charge in [-0.05, 0) is 37.7 Å². The van der Waals surface area contributed by atoms with Gasteiger partial charge in [0.15, 0.2) is 11.6 Å². The molecule has 0 aliphatic carbocycles. The smallest absolute Gasteiger partial charge is 0.248 e. The lowest BCUT2D eigenvalue weighted by Gasteiger charge is -2.44. The summed E-state index contributed by atoms with van der Waals surface area (Å²) < 4.78 is 32.6. The van der Waals surface area contributed by atoms with Gasteiger partial charge in [0.25, 0.3) is 0 Å². The lowest BCUT2D eigenvalue weighted by atomic mass is 9.86. The number of rotatable bonds is 5. The molecule has 2 fully saturated rings. The lowest BCUT2D eigenvalue weighted by Crippen LogP contribution is -2.62. The van der Waals surface area contributed by atoms with Crippen LogP contribution < -0.4 is 15.1 Å². The van der Waals surface area contributed by atoms with Crippen molar-refractivity contribution >= 4 is 17.5 Å². The Morgan fingerprint density at radius 3 is 2.38 bits per heavy atom. The summed E-state index contributed by atoms with van der Waals surface area (Å²) in [4.78, 5) is 31.6. The molecule has 0 radical (unpaired) electrons. The summed E-state index contributed by atoms with van der Waals surface area (Å²) in [6, 6.07) is 12.4. The first-order chi connectivity index (χ1) is 16.4. The van der Waals surface area contributed by atoms with E-state index >= 15 is 0 Å². The van der Waals surface area contributed by atoms with Gasteiger partial charge >= 0.3 is 0 Å². The predicted molar refractivity (Wildman–Crippen MR) is 120 cm³/mol. The van der Waals surface area contributed by atoms with Crippen molar-refractivity contribution in [1.29, 1.82) is 0 Å². The number of nitrogens with one attached hydrogen (secondary N) is 1. The number of ether oxygens (including phenoxy) is 1. The third-order valence-electron chi connectivity index (χ3n) is 6.47. The summed E-state index contributed by atoms with van der Waals surface area (Å²) >= 11 is 0. The van der Waals surface area contributed by atoms with Crippen LogP contribution in [-0.2, 0) is 9.59 Å². The van der Waals surface area contributed by atoms with E-state index < -0.39 is 35.6 Å². The number of nitrogens with zero attached hydrogens (tertiary/aromatic N) is 3. The Kier molecular flexibility index (Phi) is 7.28. The summed E-state index contributed by atoms with van der Waals surface area (Å²) in [5.41, 5.74) is 2.76. The van der Waals surface area contributed by atoms with Gasteiger partial charge in [0, 0.05) is 44.5 Å². The zero-order valence-corrected chi connectivity index (χ0v) is 18.9. The molecule has 4 rings (SSSR count). The van der Waals surface area contributed by atoms with Gasteiger partial charge < -0.3 is 14.5 Å². The predicted octanol–water partition coefficient (Wildman–Crippen LogP) is 1.89. The molecule has 34 heavy (non-hydrogen) atoms. The molecule has 3 atom stereocenters. The maximum absolute atomic E-state index is 13.6. The average Bonchev–Trinajstić information content (AvgIpc) is 2.85. The number of benzene rings is 2. The molecular formula is C24H28F2N4O4. The lowest BCUT2D eigenvalue weighted by molar-refractivity contribution is -0.151. The number of amides is 2. The number of likely N-dealkylation sites (tertiary alicyclic amines) is 1. The van der Waals surface area contributed by atoms with Crippen LogP contribution in [0.5, 0.6) is 5.75 Å². The highest BCUT2D eigenvalue weighted by Crippen LogP contribution is 2.29. The Labute approximate surface area is 196 Å². The van der Waals surface area contributed by atoms with Crippen molar-refractivity contribution in [3.8, 4) is 5.75 Å². The summed E-state index contributed by atoms with van der Waals surface area (Å²) in [6.45, 7) is 2.67. The standard InChI is InChI=1S/C24H28F2N4O4/c1-28-15-18(34-17-7-8-20(25)21(26)14-17)13-19(23(31)27-33)22(28)24(32)30-11-9-29(10-12-30)16-5-3-2-4-6-16/h2-8,14,18-19,22,33H,9-13,15H2,1H3,(H,27,31)/t18?,19?,22-/m0/s1. The van der Waals surface area contributed by atoms with Crippen LogP contribution in [-0.4, -0.2) is 78.7 Å². The number of carbonyl (C=O) groups is 2. The van der Waals surface area contributed by atoms with Crippen LogP contribution in [0, 0.1) is 17.6 Å². The summed E-state index contributed by atoms with van der Waals surface area (Å²) in [6.07, 6.45) is -0.424. The van der Waals surface area contributed by atoms with Crippen LogP contribution in [0.25, 0.3) is 0 Å². The van der Waals surface area contributed by atoms with Crippen molar-refractivity contribution in [2.45, 2.75) is 18.6 Å². The number of piperazine rings is 1. The highest BCUT2D eigenvalue weighted by atomic mass is 19.2. The third kappa shape index (κ3) is 5.13. The van der Waals surface area contributed by atoms with E-state index in [1.807, 2.05) is 30.3 Å². The van der Waals surface area contributed by atoms with E-state index in [-0.39, 0.29) is 18.1 Å². The number of likely N-dealkylation sites (N-methyl/N-ethyl adjacent to an activating group) is 1. The molecule has 2 heterocycles. The third-order valence-corrected chi connectivity index (χ3v) is 6.47. The molecule has 2 aromatic carbocycles. The van der Waals surface area contributed by atoms with Crippen molar-refractivity contribution in [3.63, 3.8) is 0 Å². The van der Waals surface area contributed by atoms with Crippen LogP contribution in [0.3, 0.4) is 0 Å². The second-order valence-electron chi connectivity index (χ2n) is 8.67. The van der Waals surface area contributed by atoms with Crippen molar-refractivity contribution < 1.29 is 28.3 Å². The van der Waals surface area contributed by atoms with E-state index in [9.17, 15) is 23.6 Å². The molecule has 0 bridgehead atoms. The fraction of sp³-hybridized carbons (Fsp3) is 0.417. The molecule has 2 aromatic rings. The van der Waals surface area contributed by atoms with Crippen molar-refractivity contribution in [3.05, 3.63) is 60.2 Å². The molecule has 2 aliphatic rings. The first-order valence-corrected chi connectivity index (χ1v) is 11.2. The van der Waals surface area contributed by atoms with E-state index in [2.05, 4.69) is 4.90 Å². The number of anilines is 1. The molecule has 2 amide bonds. The Balaban J connectivity index is 1.44. The van der Waals surface area contributed by atoms with Crippen LogP contribution in [0.4, 0.5) is 14.5 Å². The van der Waals surface area contributed by atoms with Crippen LogP contribution in [0.2, 0.25) is 0 Å². The summed E-state index contributed by atoms with van der Waals surface area (Å²) in [7, 11) is 1.71. The summed E-state index contributed by atoms with van der Waals surface area (Å²) in [5.74, 6) is -3.64. The minimum Gasteiger partial charge on any atom is -0.489 e. The van der Waals surface area contributed by atoms with E-state index in [4.69, 9.17) is 4.74 Å². The molecule has 2 aliphatic heterocycles. The van der Waals surface area contributed by atoms with E-state index in [1.54, 1.807) is 22.3 Å². The molecule has 182 valence electrons. The van der Waals surface area contributed by atoms with Gasteiger partial charge in [-0.15, -0.1) is 0 Å². The van der Waals surface area contributed by atoms with E-state index in [0.29, 0.717) is 32.7 Å². The van der Waals surface area contributed by atoms with Gasteiger partial charge in [0.2, 0.25) is 11.8 Å². The Morgan fingerprint density at radius 2 is 1.74 bits per heavy atom. The molecule has 0 spiro atoms. The number of piperidine rings is 1. The van der Waals surface area contributed by atoms with Gasteiger partial charge in [0.05, 0.1) is 5.92 Å². The number of hydroxylamine groups is 1. The minimum atomic E-state index is -1.03. The second-order valence-corrected chi connectivity index (χ2v) is 8.67. The fourth-order valence-corrected chi connectivity index (χ4v) is 4.76. The fourth-order valence-electron chi connectivity index (χ4n) is 4.76. The van der Waals surface area contributed by atoms with Crippen molar-refractivity contribution in [1.82, 2.24) is 15.3 Å². The van der Waals surface area contributed by atoms with Crippen molar-refractivity contribution in [2.75, 3.05) is 44.7 Å². The zero-order chi connectivity index (χ0) is 24.2. The van der Waals surface area contributed by atoms with Crippen LogP contribution >= 0.6 is 0 Å². The van der Waals surface area contributed by atoms with Gasteiger partial charge in [-0.2, -0.15) is 0 Å². The Bertz CT molecular complexity index is 1020.